The molecule has 0 bridgehead atoms. The maximum atomic E-state index is 11.5. The Morgan fingerprint density at radius 2 is 1.88 bits per heavy atom. The summed E-state index contributed by atoms with van der Waals surface area (Å²) in [6, 6.07) is 13.9. The maximum absolute atomic E-state index is 11.5. The van der Waals surface area contributed by atoms with E-state index in [1.807, 2.05) is 24.3 Å². The molecule has 0 aliphatic heterocycles. The van der Waals surface area contributed by atoms with E-state index in [4.69, 9.17) is 4.74 Å². The van der Waals surface area contributed by atoms with Gasteiger partial charge in [-0.05, 0) is 48.4 Å². The highest BCUT2D eigenvalue weighted by Gasteiger charge is 2.15. The molecule has 0 aliphatic carbocycles. The number of hydrogen-bond donors (Lipinski definition) is 4. The molecule has 4 N–H and O–H groups in total. The van der Waals surface area contributed by atoms with E-state index in [0.29, 0.717) is 17.4 Å². The third-order valence-corrected chi connectivity index (χ3v) is 4.43. The molecule has 0 amide bonds. The van der Waals surface area contributed by atoms with Crippen LogP contribution in [0.15, 0.2) is 53.3 Å². The number of H-pyrrole nitrogens is 1. The summed E-state index contributed by atoms with van der Waals surface area (Å²) < 4.78 is 5.15. The number of aromatic hydroxyl groups is 1. The molecule has 6 nitrogen and oxygen atoms in total. The molecule has 1 atom stereocenters. The number of aliphatic hydroxyl groups is 1. The second kappa shape index (κ2) is 8.03. The molecular formula is C20H22N2O4. The smallest absolute Gasteiger partial charge is 0.248 e. The van der Waals surface area contributed by atoms with Gasteiger partial charge in [0.2, 0.25) is 5.56 Å². The molecule has 6 heteroatoms. The number of fused-ring (bicyclic) bond motifs is 1. The number of nitrogens with one attached hydrogen (secondary N) is 2. The average molecular weight is 354 g/mol. The summed E-state index contributed by atoms with van der Waals surface area (Å²) in [4.78, 5) is 14.2. The van der Waals surface area contributed by atoms with E-state index in [1.165, 1.54) is 12.1 Å². The Bertz CT molecular complexity index is 935. The van der Waals surface area contributed by atoms with Crippen molar-refractivity contribution in [3.8, 4) is 11.5 Å². The van der Waals surface area contributed by atoms with Crippen molar-refractivity contribution >= 4 is 10.9 Å². The van der Waals surface area contributed by atoms with Crippen LogP contribution in [-0.4, -0.2) is 35.5 Å². The topological polar surface area (TPSA) is 94.6 Å². The summed E-state index contributed by atoms with van der Waals surface area (Å²) in [5.41, 5.74) is 2.09. The van der Waals surface area contributed by atoms with E-state index < -0.39 is 0 Å². The highest BCUT2D eigenvalue weighted by molar-refractivity contribution is 5.87. The lowest BCUT2D eigenvalue weighted by Gasteiger charge is -2.19. The number of phenols is 1. The molecule has 1 heterocycles. The summed E-state index contributed by atoms with van der Waals surface area (Å²) >= 11 is 0. The van der Waals surface area contributed by atoms with Crippen LogP contribution < -0.4 is 15.6 Å². The monoisotopic (exact) mass is 354 g/mol. The quantitative estimate of drug-likeness (QED) is 0.521. The van der Waals surface area contributed by atoms with Crippen molar-refractivity contribution in [2.24, 2.45) is 0 Å². The predicted molar refractivity (Wildman–Crippen MR) is 101 cm³/mol. The van der Waals surface area contributed by atoms with Crippen LogP contribution in [0.1, 0.15) is 17.2 Å². The maximum Gasteiger partial charge on any atom is 0.248 e. The van der Waals surface area contributed by atoms with Crippen LogP contribution in [0.25, 0.3) is 10.9 Å². The van der Waals surface area contributed by atoms with Gasteiger partial charge in [-0.15, -0.1) is 0 Å². The van der Waals surface area contributed by atoms with Crippen molar-refractivity contribution in [3.63, 3.8) is 0 Å². The van der Waals surface area contributed by atoms with Crippen LogP contribution in [0.5, 0.6) is 11.5 Å². The van der Waals surface area contributed by atoms with Crippen LogP contribution in [0, 0.1) is 0 Å². The van der Waals surface area contributed by atoms with Gasteiger partial charge in [-0.25, -0.2) is 0 Å². The Balaban J connectivity index is 1.75. The number of benzene rings is 2. The minimum Gasteiger partial charge on any atom is -0.506 e. The zero-order valence-corrected chi connectivity index (χ0v) is 14.5. The van der Waals surface area contributed by atoms with Gasteiger partial charge in [0.05, 0.1) is 25.3 Å². The van der Waals surface area contributed by atoms with Crippen LogP contribution >= 0.6 is 0 Å². The third-order valence-electron chi connectivity index (χ3n) is 4.43. The number of aromatic nitrogens is 1. The van der Waals surface area contributed by atoms with Crippen molar-refractivity contribution in [1.29, 1.82) is 0 Å². The second-order valence-corrected chi connectivity index (χ2v) is 6.07. The van der Waals surface area contributed by atoms with Gasteiger partial charge in [0.1, 0.15) is 11.5 Å². The number of rotatable bonds is 7. The highest BCUT2D eigenvalue weighted by Crippen LogP contribution is 2.28. The van der Waals surface area contributed by atoms with E-state index in [0.717, 1.165) is 23.3 Å². The van der Waals surface area contributed by atoms with Crippen molar-refractivity contribution in [1.82, 2.24) is 10.3 Å². The molecule has 0 spiro atoms. The SMILES string of the molecule is COc1ccc(CCNC(CO)c2ccc(O)c3[nH]c(=O)ccc23)cc1. The van der Waals surface area contributed by atoms with Gasteiger partial charge in [-0.3, -0.25) is 4.79 Å². The molecule has 1 aromatic heterocycles. The predicted octanol–water partition coefficient (Wildman–Crippen LogP) is 2.11. The largest absolute Gasteiger partial charge is 0.506 e. The van der Waals surface area contributed by atoms with Crippen LogP contribution in [0.2, 0.25) is 0 Å². The molecule has 0 radical (unpaired) electrons. The van der Waals surface area contributed by atoms with Gasteiger partial charge in [0.25, 0.3) is 0 Å². The number of aliphatic hydroxyl groups excluding tert-OH is 1. The van der Waals surface area contributed by atoms with Crippen molar-refractivity contribution in [2.75, 3.05) is 20.3 Å². The van der Waals surface area contributed by atoms with Crippen LogP contribution in [0.3, 0.4) is 0 Å². The highest BCUT2D eigenvalue weighted by atomic mass is 16.5. The number of pyridine rings is 1. The number of hydrogen-bond acceptors (Lipinski definition) is 5. The van der Waals surface area contributed by atoms with Crippen molar-refractivity contribution < 1.29 is 14.9 Å². The van der Waals surface area contributed by atoms with E-state index in [1.54, 1.807) is 19.2 Å². The number of methoxy groups -OCH3 is 1. The van der Waals surface area contributed by atoms with Gasteiger partial charge in [0.15, 0.2) is 0 Å². The van der Waals surface area contributed by atoms with Gasteiger partial charge >= 0.3 is 0 Å². The molecule has 0 saturated heterocycles. The lowest BCUT2D eigenvalue weighted by molar-refractivity contribution is 0.246. The lowest BCUT2D eigenvalue weighted by Crippen LogP contribution is -2.26. The fraction of sp³-hybridized carbons (Fsp3) is 0.250. The third kappa shape index (κ3) is 3.87. The molecule has 0 saturated carbocycles. The van der Waals surface area contributed by atoms with E-state index in [9.17, 15) is 15.0 Å². The Morgan fingerprint density at radius 1 is 1.12 bits per heavy atom. The zero-order valence-electron chi connectivity index (χ0n) is 14.5. The summed E-state index contributed by atoms with van der Waals surface area (Å²) in [5.74, 6) is 0.830. The Kier molecular flexibility index (Phi) is 5.55. The first kappa shape index (κ1) is 18.0. The van der Waals surface area contributed by atoms with Gasteiger partial charge in [-0.2, -0.15) is 0 Å². The molecule has 3 aromatic rings. The normalized spacial score (nSPS) is 12.2. The first-order chi connectivity index (χ1) is 12.6. The van der Waals surface area contributed by atoms with Crippen molar-refractivity contribution in [2.45, 2.75) is 12.5 Å². The average Bonchev–Trinajstić information content (AvgIpc) is 2.67. The van der Waals surface area contributed by atoms with Gasteiger partial charge < -0.3 is 25.3 Å². The molecule has 26 heavy (non-hydrogen) atoms. The minimum absolute atomic E-state index is 0.0105. The molecule has 0 fully saturated rings. The Labute approximate surface area is 151 Å². The fourth-order valence-corrected chi connectivity index (χ4v) is 3.02. The van der Waals surface area contributed by atoms with Crippen LogP contribution in [-0.2, 0) is 6.42 Å². The summed E-state index contributed by atoms with van der Waals surface area (Å²) in [7, 11) is 1.64. The van der Waals surface area contributed by atoms with E-state index >= 15 is 0 Å². The molecule has 1 unspecified atom stereocenters. The van der Waals surface area contributed by atoms with E-state index in [2.05, 4.69) is 10.3 Å². The van der Waals surface area contributed by atoms with Gasteiger partial charge in [0, 0.05) is 11.5 Å². The van der Waals surface area contributed by atoms with Crippen LogP contribution in [0.4, 0.5) is 0 Å². The summed E-state index contributed by atoms with van der Waals surface area (Å²) in [6.07, 6.45) is 0.799. The first-order valence-electron chi connectivity index (χ1n) is 8.44. The number of phenolic OH excluding ortho intramolecular Hbond substituents is 1. The minimum atomic E-state index is -0.303. The summed E-state index contributed by atoms with van der Waals surface area (Å²) in [6.45, 7) is 0.574. The van der Waals surface area contributed by atoms with Gasteiger partial charge in [-0.1, -0.05) is 18.2 Å². The lowest BCUT2D eigenvalue weighted by atomic mass is 10.0. The van der Waals surface area contributed by atoms with Crippen molar-refractivity contribution in [3.05, 3.63) is 70.0 Å². The zero-order chi connectivity index (χ0) is 18.5. The summed E-state index contributed by atoms with van der Waals surface area (Å²) in [5, 5.41) is 23.8. The molecular weight excluding hydrogens is 332 g/mol. The molecule has 0 aliphatic rings. The fourth-order valence-electron chi connectivity index (χ4n) is 3.02. The molecule has 2 aromatic carbocycles. The van der Waals surface area contributed by atoms with E-state index in [-0.39, 0.29) is 24.0 Å². The molecule has 136 valence electrons. The number of aromatic amines is 1. The first-order valence-corrected chi connectivity index (χ1v) is 8.44. The number of ether oxygens (including phenoxy) is 1. The molecule has 3 rings (SSSR count). The Hall–Kier alpha value is -2.83. The Morgan fingerprint density at radius 3 is 2.58 bits per heavy atom. The second-order valence-electron chi connectivity index (χ2n) is 6.07. The standard InChI is InChI=1S/C20H22N2O4/c1-26-14-4-2-13(3-5-14)10-11-21-17(12-23)15-6-8-18(24)20-16(15)7-9-19(25)22-20/h2-9,17,21,23-24H,10-12H2,1H3,(H,22,25).